The van der Waals surface area contributed by atoms with E-state index in [2.05, 4.69) is 5.32 Å². The molecular weight excluding hydrogens is 362 g/mol. The van der Waals surface area contributed by atoms with E-state index in [4.69, 9.17) is 15.2 Å². The number of hydrogen-bond donors (Lipinski definition) is 2. The number of alkyl carbamates (subject to hydrolysis) is 1. The molecule has 1 fully saturated rings. The van der Waals surface area contributed by atoms with Gasteiger partial charge < -0.3 is 25.4 Å². The summed E-state index contributed by atoms with van der Waals surface area (Å²) in [4.78, 5) is 37.4. The Morgan fingerprint density at radius 2 is 2.00 bits per heavy atom. The first-order chi connectivity index (χ1) is 13.5. The number of esters is 1. The van der Waals surface area contributed by atoms with E-state index in [0.29, 0.717) is 38.8 Å². The number of methoxy groups -OCH3 is 1. The molecule has 8 nitrogen and oxygen atoms in total. The van der Waals surface area contributed by atoms with Crippen molar-refractivity contribution in [2.45, 2.75) is 50.8 Å². The number of carbonyl (C=O) groups is 3. The smallest absolute Gasteiger partial charge is 0.407 e. The minimum Gasteiger partial charge on any atom is -0.467 e. The van der Waals surface area contributed by atoms with Crippen LogP contribution in [0.15, 0.2) is 30.3 Å². The van der Waals surface area contributed by atoms with Crippen molar-refractivity contribution in [2.24, 2.45) is 5.73 Å². The summed E-state index contributed by atoms with van der Waals surface area (Å²) in [5.74, 6) is -0.612. The fraction of sp³-hybridized carbons (Fsp3) is 0.550. The summed E-state index contributed by atoms with van der Waals surface area (Å²) >= 11 is 0. The van der Waals surface area contributed by atoms with Crippen LogP contribution in [0.1, 0.15) is 37.7 Å². The number of ether oxygens (including phenoxy) is 2. The first kappa shape index (κ1) is 21.7. The van der Waals surface area contributed by atoms with E-state index in [0.717, 1.165) is 12.0 Å². The topological polar surface area (TPSA) is 111 Å². The van der Waals surface area contributed by atoms with E-state index in [1.807, 2.05) is 30.3 Å². The molecule has 2 amide bonds. The molecule has 1 saturated heterocycles. The molecule has 0 unspecified atom stereocenters. The Kier molecular flexibility index (Phi) is 8.74. The summed E-state index contributed by atoms with van der Waals surface area (Å²) in [6, 6.07) is 8.26. The second-order valence-electron chi connectivity index (χ2n) is 6.80. The summed E-state index contributed by atoms with van der Waals surface area (Å²) in [6.45, 7) is 1.20. The van der Waals surface area contributed by atoms with Crippen LogP contribution in [-0.2, 0) is 25.7 Å². The highest BCUT2D eigenvalue weighted by Gasteiger charge is 2.36. The Morgan fingerprint density at radius 3 is 2.71 bits per heavy atom. The summed E-state index contributed by atoms with van der Waals surface area (Å²) in [7, 11) is 1.32. The van der Waals surface area contributed by atoms with Gasteiger partial charge in [-0.25, -0.2) is 9.59 Å². The predicted molar refractivity (Wildman–Crippen MR) is 103 cm³/mol. The molecule has 2 atom stereocenters. The summed E-state index contributed by atoms with van der Waals surface area (Å²) in [5, 5.41) is 2.68. The van der Waals surface area contributed by atoms with Crippen molar-refractivity contribution in [3.8, 4) is 0 Å². The molecule has 0 saturated carbocycles. The Morgan fingerprint density at radius 1 is 1.25 bits per heavy atom. The number of benzene rings is 1. The van der Waals surface area contributed by atoms with Crippen molar-refractivity contribution in [2.75, 3.05) is 20.2 Å². The van der Waals surface area contributed by atoms with Crippen LogP contribution < -0.4 is 11.1 Å². The largest absolute Gasteiger partial charge is 0.467 e. The number of amides is 2. The molecule has 0 bridgehead atoms. The molecule has 1 aromatic rings. The Bertz CT molecular complexity index is 653. The molecular formula is C20H29N3O5. The fourth-order valence-corrected chi connectivity index (χ4v) is 3.20. The van der Waals surface area contributed by atoms with E-state index in [1.54, 1.807) is 0 Å². The Hall–Kier alpha value is -2.61. The van der Waals surface area contributed by atoms with Crippen LogP contribution in [0.2, 0.25) is 0 Å². The molecule has 154 valence electrons. The molecule has 0 spiro atoms. The minimum absolute atomic E-state index is 0.219. The maximum atomic E-state index is 12.5. The SMILES string of the molecule is COC(=O)[C@@H]1CCCN1C(=O)[C@@H](N)CCCCNC(=O)OCc1ccccc1. The van der Waals surface area contributed by atoms with Gasteiger partial charge in [-0.1, -0.05) is 30.3 Å². The number of rotatable bonds is 9. The maximum absolute atomic E-state index is 12.5. The van der Waals surface area contributed by atoms with Crippen LogP contribution in [0.4, 0.5) is 4.79 Å². The van der Waals surface area contributed by atoms with Gasteiger partial charge in [0.1, 0.15) is 12.6 Å². The molecule has 1 aliphatic rings. The molecule has 8 heteroatoms. The maximum Gasteiger partial charge on any atom is 0.407 e. The van der Waals surface area contributed by atoms with Gasteiger partial charge in [-0.3, -0.25) is 4.79 Å². The van der Waals surface area contributed by atoms with Crippen LogP contribution in [0.25, 0.3) is 0 Å². The molecule has 28 heavy (non-hydrogen) atoms. The van der Waals surface area contributed by atoms with Crippen LogP contribution in [0, 0.1) is 0 Å². The van der Waals surface area contributed by atoms with Gasteiger partial charge in [-0.05, 0) is 37.7 Å². The zero-order valence-electron chi connectivity index (χ0n) is 16.3. The molecule has 1 aromatic carbocycles. The van der Waals surface area contributed by atoms with Crippen LogP contribution in [0.5, 0.6) is 0 Å². The van der Waals surface area contributed by atoms with Crippen LogP contribution >= 0.6 is 0 Å². The summed E-state index contributed by atoms with van der Waals surface area (Å²) < 4.78 is 9.88. The summed E-state index contributed by atoms with van der Waals surface area (Å²) in [5.41, 5.74) is 6.92. The number of likely N-dealkylation sites (tertiary alicyclic amines) is 1. The highest BCUT2D eigenvalue weighted by atomic mass is 16.5. The van der Waals surface area contributed by atoms with E-state index in [1.165, 1.54) is 12.0 Å². The normalized spacial score (nSPS) is 17.1. The van der Waals surface area contributed by atoms with Crippen molar-refractivity contribution in [1.82, 2.24) is 10.2 Å². The third-order valence-corrected chi connectivity index (χ3v) is 4.75. The van der Waals surface area contributed by atoms with Crippen LogP contribution in [-0.4, -0.2) is 55.2 Å². The highest BCUT2D eigenvalue weighted by Crippen LogP contribution is 2.20. The van der Waals surface area contributed by atoms with Gasteiger partial charge in [0.25, 0.3) is 0 Å². The second-order valence-corrected chi connectivity index (χ2v) is 6.80. The van der Waals surface area contributed by atoms with E-state index >= 15 is 0 Å². The molecule has 0 aliphatic carbocycles. The number of nitrogens with two attached hydrogens (primary N) is 1. The quantitative estimate of drug-likeness (QED) is 0.488. The summed E-state index contributed by atoms with van der Waals surface area (Å²) in [6.07, 6.45) is 2.77. The first-order valence-electron chi connectivity index (χ1n) is 9.61. The second kappa shape index (κ2) is 11.3. The van der Waals surface area contributed by atoms with Crippen molar-refractivity contribution in [3.63, 3.8) is 0 Å². The third-order valence-electron chi connectivity index (χ3n) is 4.75. The minimum atomic E-state index is -0.657. The number of nitrogens with zero attached hydrogens (tertiary/aromatic N) is 1. The van der Waals surface area contributed by atoms with Crippen molar-refractivity contribution in [1.29, 1.82) is 0 Å². The molecule has 0 radical (unpaired) electrons. The highest BCUT2D eigenvalue weighted by molar-refractivity contribution is 5.88. The van der Waals surface area contributed by atoms with Gasteiger partial charge in [0.15, 0.2) is 0 Å². The average Bonchev–Trinajstić information content (AvgIpc) is 3.21. The molecule has 3 N–H and O–H groups in total. The van der Waals surface area contributed by atoms with E-state index in [-0.39, 0.29) is 12.5 Å². The average molecular weight is 391 g/mol. The molecule has 2 rings (SSSR count). The van der Waals surface area contributed by atoms with Gasteiger partial charge in [-0.15, -0.1) is 0 Å². The van der Waals surface area contributed by atoms with Crippen molar-refractivity contribution >= 4 is 18.0 Å². The standard InChI is InChI=1S/C20H29N3O5/c1-27-19(25)17-11-7-13-23(17)18(24)16(21)10-5-6-12-22-20(26)28-14-15-8-3-2-4-9-15/h2-4,8-9,16-17H,5-7,10-14,21H2,1H3,(H,22,26)/t16-,17-/m0/s1. The molecule has 0 aromatic heterocycles. The lowest BCUT2D eigenvalue weighted by atomic mass is 10.1. The van der Waals surface area contributed by atoms with Gasteiger partial charge in [-0.2, -0.15) is 0 Å². The lowest BCUT2D eigenvalue weighted by molar-refractivity contribution is -0.151. The monoisotopic (exact) mass is 391 g/mol. The van der Waals surface area contributed by atoms with Gasteiger partial charge in [0.2, 0.25) is 5.91 Å². The van der Waals surface area contributed by atoms with E-state index in [9.17, 15) is 14.4 Å². The number of carbonyl (C=O) groups excluding carboxylic acids is 3. The molecule has 1 aliphatic heterocycles. The van der Waals surface area contributed by atoms with Crippen molar-refractivity contribution < 1.29 is 23.9 Å². The van der Waals surface area contributed by atoms with Crippen molar-refractivity contribution in [3.05, 3.63) is 35.9 Å². The zero-order chi connectivity index (χ0) is 20.4. The van der Waals surface area contributed by atoms with Gasteiger partial charge in [0.05, 0.1) is 13.2 Å². The first-order valence-corrected chi connectivity index (χ1v) is 9.61. The Balaban J connectivity index is 1.60. The molecule has 1 heterocycles. The number of unbranched alkanes of at least 4 members (excludes halogenated alkanes) is 1. The third kappa shape index (κ3) is 6.53. The van der Waals surface area contributed by atoms with Crippen LogP contribution in [0.3, 0.4) is 0 Å². The fourth-order valence-electron chi connectivity index (χ4n) is 3.20. The lowest BCUT2D eigenvalue weighted by Crippen LogP contribution is -2.48. The number of hydrogen-bond acceptors (Lipinski definition) is 6. The van der Waals surface area contributed by atoms with Gasteiger partial charge in [0, 0.05) is 13.1 Å². The zero-order valence-corrected chi connectivity index (χ0v) is 16.3. The number of nitrogens with one attached hydrogen (secondary N) is 1. The predicted octanol–water partition coefficient (Wildman–Crippen LogP) is 1.57. The Labute approximate surface area is 165 Å². The lowest BCUT2D eigenvalue weighted by Gasteiger charge is -2.25. The van der Waals surface area contributed by atoms with Gasteiger partial charge >= 0.3 is 12.1 Å². The van der Waals surface area contributed by atoms with E-state index < -0.39 is 24.1 Å².